The van der Waals surface area contributed by atoms with Gasteiger partial charge in [-0.3, -0.25) is 0 Å². The molecule has 0 radical (unpaired) electrons. The summed E-state index contributed by atoms with van der Waals surface area (Å²) >= 11 is 0. The fraction of sp³-hybridized carbons (Fsp3) is 0.385. The van der Waals surface area contributed by atoms with Crippen LogP contribution in [-0.2, 0) is 6.42 Å². The Balaban J connectivity index is 2.90. The highest BCUT2D eigenvalue weighted by Crippen LogP contribution is 2.05. The van der Waals surface area contributed by atoms with Gasteiger partial charge in [-0.25, -0.2) is 0 Å². The van der Waals surface area contributed by atoms with Gasteiger partial charge in [0.15, 0.2) is 0 Å². The van der Waals surface area contributed by atoms with Gasteiger partial charge in [0.2, 0.25) is 0 Å². The molecule has 0 saturated heterocycles. The van der Waals surface area contributed by atoms with E-state index in [1.807, 2.05) is 12.1 Å². The summed E-state index contributed by atoms with van der Waals surface area (Å²) in [6.45, 7) is 5.48. The molecule has 0 aliphatic rings. The van der Waals surface area contributed by atoms with Crippen molar-refractivity contribution in [2.45, 2.75) is 32.8 Å². The number of hydrogen-bond donors (Lipinski definition) is 1. The largest absolute Gasteiger partial charge is 0.378 e. The van der Waals surface area contributed by atoms with Gasteiger partial charge in [0.1, 0.15) is 5.60 Å². The summed E-state index contributed by atoms with van der Waals surface area (Å²) in [6, 6.07) is 8.08. The number of rotatable bonds is 1. The molecule has 0 spiro atoms. The molecule has 0 aliphatic carbocycles. The maximum Gasteiger partial charge on any atom is 0.120 e. The van der Waals surface area contributed by atoms with Crippen LogP contribution in [0.1, 0.15) is 31.9 Å². The summed E-state index contributed by atoms with van der Waals surface area (Å²) < 4.78 is 0. The monoisotopic (exact) mass is 188 g/mol. The number of benzene rings is 1. The lowest BCUT2D eigenvalue weighted by atomic mass is 10.1. The van der Waals surface area contributed by atoms with Gasteiger partial charge >= 0.3 is 0 Å². The van der Waals surface area contributed by atoms with E-state index in [9.17, 15) is 5.11 Å². The standard InChI is InChI=1S/C13H16O/c1-4-11-6-5-7-12(10-11)8-9-13(2,3)14/h5-7,10,14H,4H2,1-3H3. The lowest BCUT2D eigenvalue weighted by Gasteiger charge is -2.06. The van der Waals surface area contributed by atoms with Gasteiger partial charge in [-0.15, -0.1) is 0 Å². The summed E-state index contributed by atoms with van der Waals surface area (Å²) in [7, 11) is 0. The van der Waals surface area contributed by atoms with Crippen molar-refractivity contribution in [2.24, 2.45) is 0 Å². The van der Waals surface area contributed by atoms with E-state index in [4.69, 9.17) is 0 Å². The van der Waals surface area contributed by atoms with Crippen LogP contribution in [0.2, 0.25) is 0 Å². The minimum absolute atomic E-state index is 0.914. The Hall–Kier alpha value is -1.26. The van der Waals surface area contributed by atoms with E-state index in [-0.39, 0.29) is 0 Å². The Morgan fingerprint density at radius 1 is 1.36 bits per heavy atom. The SMILES string of the molecule is CCc1cccc(C#CC(C)(C)O)c1. The molecule has 74 valence electrons. The summed E-state index contributed by atoms with van der Waals surface area (Å²) in [6.07, 6.45) is 1.01. The average Bonchev–Trinajstić information content (AvgIpc) is 2.14. The van der Waals surface area contributed by atoms with Gasteiger partial charge in [0.05, 0.1) is 0 Å². The number of hydrogen-bond acceptors (Lipinski definition) is 1. The van der Waals surface area contributed by atoms with E-state index < -0.39 is 5.60 Å². The highest BCUT2D eigenvalue weighted by Gasteiger charge is 2.05. The van der Waals surface area contributed by atoms with Crippen LogP contribution in [0.25, 0.3) is 0 Å². The quantitative estimate of drug-likeness (QED) is 0.671. The van der Waals surface area contributed by atoms with Crippen molar-refractivity contribution >= 4 is 0 Å². The molecule has 1 nitrogen and oxygen atoms in total. The zero-order valence-corrected chi connectivity index (χ0v) is 8.96. The van der Waals surface area contributed by atoms with E-state index in [1.165, 1.54) is 5.56 Å². The molecule has 14 heavy (non-hydrogen) atoms. The van der Waals surface area contributed by atoms with Gasteiger partial charge in [0.25, 0.3) is 0 Å². The van der Waals surface area contributed by atoms with Crippen LogP contribution in [0.5, 0.6) is 0 Å². The van der Waals surface area contributed by atoms with E-state index in [2.05, 4.69) is 30.9 Å². The molecule has 1 heteroatoms. The summed E-state index contributed by atoms with van der Waals surface area (Å²) in [5, 5.41) is 9.43. The molecule has 1 aromatic carbocycles. The highest BCUT2D eigenvalue weighted by molar-refractivity contribution is 5.38. The predicted octanol–water partition coefficient (Wildman–Crippen LogP) is 2.37. The van der Waals surface area contributed by atoms with E-state index in [0.717, 1.165) is 12.0 Å². The second-order valence-electron chi connectivity index (χ2n) is 3.86. The number of aliphatic hydroxyl groups is 1. The lowest BCUT2D eigenvalue weighted by molar-refractivity contribution is 0.143. The molecular weight excluding hydrogens is 172 g/mol. The van der Waals surface area contributed by atoms with Crippen LogP contribution >= 0.6 is 0 Å². The first-order valence-electron chi connectivity index (χ1n) is 4.86. The van der Waals surface area contributed by atoms with E-state index in [0.29, 0.717) is 0 Å². The molecule has 0 amide bonds. The third-order valence-corrected chi connectivity index (χ3v) is 1.85. The first kappa shape index (κ1) is 10.8. The molecule has 0 atom stereocenters. The molecule has 0 aromatic heterocycles. The van der Waals surface area contributed by atoms with Crippen molar-refractivity contribution in [2.75, 3.05) is 0 Å². The molecule has 0 saturated carbocycles. The molecule has 0 fully saturated rings. The van der Waals surface area contributed by atoms with Crippen molar-refractivity contribution < 1.29 is 5.11 Å². The predicted molar refractivity (Wildman–Crippen MR) is 59.0 cm³/mol. The summed E-state index contributed by atoms with van der Waals surface area (Å²) in [5.74, 6) is 5.75. The molecular formula is C13H16O. The Morgan fingerprint density at radius 2 is 2.07 bits per heavy atom. The molecule has 0 bridgehead atoms. The van der Waals surface area contributed by atoms with E-state index >= 15 is 0 Å². The van der Waals surface area contributed by atoms with Crippen LogP contribution < -0.4 is 0 Å². The van der Waals surface area contributed by atoms with Crippen LogP contribution in [0.4, 0.5) is 0 Å². The molecule has 1 aromatic rings. The molecule has 0 unspecified atom stereocenters. The lowest BCUT2D eigenvalue weighted by Crippen LogP contribution is -2.14. The zero-order chi connectivity index (χ0) is 10.6. The van der Waals surface area contributed by atoms with Gasteiger partial charge in [0, 0.05) is 5.56 Å². The van der Waals surface area contributed by atoms with Gasteiger partial charge < -0.3 is 5.11 Å². The fourth-order valence-electron chi connectivity index (χ4n) is 1.09. The van der Waals surface area contributed by atoms with Crippen LogP contribution in [-0.4, -0.2) is 10.7 Å². The van der Waals surface area contributed by atoms with Crippen molar-refractivity contribution in [1.29, 1.82) is 0 Å². The molecule has 0 aliphatic heterocycles. The van der Waals surface area contributed by atoms with Gasteiger partial charge in [-0.1, -0.05) is 30.9 Å². The highest BCUT2D eigenvalue weighted by atomic mass is 16.3. The Morgan fingerprint density at radius 3 is 2.64 bits per heavy atom. The van der Waals surface area contributed by atoms with Gasteiger partial charge in [-0.05, 0) is 38.0 Å². The smallest absolute Gasteiger partial charge is 0.120 e. The first-order chi connectivity index (χ1) is 6.51. The minimum atomic E-state index is -0.914. The van der Waals surface area contributed by atoms with Crippen LogP contribution in [0.15, 0.2) is 24.3 Å². The molecule has 1 N–H and O–H groups in total. The van der Waals surface area contributed by atoms with Crippen LogP contribution in [0.3, 0.4) is 0 Å². The second kappa shape index (κ2) is 4.30. The number of aryl methyl sites for hydroxylation is 1. The minimum Gasteiger partial charge on any atom is -0.378 e. The maximum absolute atomic E-state index is 9.43. The maximum atomic E-state index is 9.43. The summed E-state index contributed by atoms with van der Waals surface area (Å²) in [4.78, 5) is 0. The van der Waals surface area contributed by atoms with Crippen LogP contribution in [0, 0.1) is 11.8 Å². The third-order valence-electron chi connectivity index (χ3n) is 1.85. The van der Waals surface area contributed by atoms with E-state index in [1.54, 1.807) is 13.8 Å². The average molecular weight is 188 g/mol. The topological polar surface area (TPSA) is 20.2 Å². The molecule has 0 heterocycles. The third kappa shape index (κ3) is 3.64. The van der Waals surface area contributed by atoms with Crippen molar-refractivity contribution in [1.82, 2.24) is 0 Å². The Bertz CT molecular complexity index is 361. The zero-order valence-electron chi connectivity index (χ0n) is 8.96. The normalized spacial score (nSPS) is 10.6. The van der Waals surface area contributed by atoms with Crippen molar-refractivity contribution in [3.05, 3.63) is 35.4 Å². The van der Waals surface area contributed by atoms with Gasteiger partial charge in [-0.2, -0.15) is 0 Å². The van der Waals surface area contributed by atoms with Crippen molar-refractivity contribution in [3.8, 4) is 11.8 Å². The fourth-order valence-corrected chi connectivity index (χ4v) is 1.09. The Kier molecular flexibility index (Phi) is 3.33. The first-order valence-corrected chi connectivity index (χ1v) is 4.86. The summed E-state index contributed by atoms with van der Waals surface area (Å²) in [5.41, 5.74) is 1.32. The second-order valence-corrected chi connectivity index (χ2v) is 3.86. The van der Waals surface area contributed by atoms with Crippen molar-refractivity contribution in [3.63, 3.8) is 0 Å². The Labute approximate surface area is 85.8 Å². The molecule has 1 rings (SSSR count).